The third kappa shape index (κ3) is 3.18. The van der Waals surface area contributed by atoms with E-state index in [1.165, 1.54) is 6.42 Å². The maximum Gasteiger partial charge on any atom is 0.328 e. The normalized spacial score (nSPS) is 28.4. The van der Waals surface area contributed by atoms with E-state index < -0.39 is 18.6 Å². The number of rotatable bonds is 3. The van der Waals surface area contributed by atoms with Crippen LogP contribution in [0.15, 0.2) is 0 Å². The Morgan fingerprint density at radius 1 is 1.21 bits per heavy atom. The first-order valence-electron chi connectivity index (χ1n) is 7.04. The number of aliphatic hydroxyl groups is 1. The first kappa shape index (κ1) is 14.1. The lowest BCUT2D eigenvalue weighted by molar-refractivity contribution is -0.140. The van der Waals surface area contributed by atoms with Crippen molar-refractivity contribution < 1.29 is 19.8 Å². The van der Waals surface area contributed by atoms with Crippen molar-refractivity contribution >= 4 is 12.0 Å². The molecule has 0 bridgehead atoms. The van der Waals surface area contributed by atoms with Crippen LogP contribution < -0.4 is 5.32 Å². The number of nitrogens with one attached hydrogen (secondary N) is 1. The van der Waals surface area contributed by atoms with Gasteiger partial charge in [-0.2, -0.15) is 0 Å². The van der Waals surface area contributed by atoms with E-state index in [9.17, 15) is 9.59 Å². The topological polar surface area (TPSA) is 89.9 Å². The van der Waals surface area contributed by atoms with Gasteiger partial charge in [0, 0.05) is 12.6 Å². The molecule has 1 saturated carbocycles. The zero-order valence-electron chi connectivity index (χ0n) is 11.0. The smallest absolute Gasteiger partial charge is 0.328 e. The molecule has 0 aromatic rings. The highest BCUT2D eigenvalue weighted by atomic mass is 16.4. The Bertz CT molecular complexity index is 346. The zero-order chi connectivity index (χ0) is 13.8. The Kier molecular flexibility index (Phi) is 4.63. The van der Waals surface area contributed by atoms with Crippen LogP contribution in [-0.4, -0.2) is 52.3 Å². The molecule has 0 aromatic carbocycles. The number of aliphatic hydroxyl groups excluding tert-OH is 1. The van der Waals surface area contributed by atoms with E-state index in [1.807, 2.05) is 0 Å². The number of hydrogen-bond donors (Lipinski definition) is 3. The number of urea groups is 1. The fourth-order valence-corrected chi connectivity index (χ4v) is 3.29. The van der Waals surface area contributed by atoms with Gasteiger partial charge in [0.1, 0.15) is 0 Å². The number of carboxylic acid groups (broad SMARTS) is 1. The molecule has 0 spiro atoms. The lowest BCUT2D eigenvalue weighted by atomic mass is 9.78. The fraction of sp³-hybridized carbons (Fsp3) is 0.846. The van der Waals surface area contributed by atoms with Crippen molar-refractivity contribution in [1.82, 2.24) is 10.2 Å². The molecule has 6 nitrogen and oxygen atoms in total. The van der Waals surface area contributed by atoms with Gasteiger partial charge in [-0.05, 0) is 31.6 Å². The molecule has 2 rings (SSSR count). The molecule has 6 heteroatoms. The molecule has 1 aliphatic carbocycles. The highest BCUT2D eigenvalue weighted by Gasteiger charge is 2.36. The average Bonchev–Trinajstić information content (AvgIpc) is 2.43. The van der Waals surface area contributed by atoms with Gasteiger partial charge in [0.15, 0.2) is 6.04 Å². The van der Waals surface area contributed by atoms with Crippen molar-refractivity contribution in [2.45, 2.75) is 50.6 Å². The summed E-state index contributed by atoms with van der Waals surface area (Å²) in [7, 11) is 0. The minimum absolute atomic E-state index is 0.246. The predicted molar refractivity (Wildman–Crippen MR) is 68.7 cm³/mol. The molecule has 1 saturated heterocycles. The van der Waals surface area contributed by atoms with Crippen molar-refractivity contribution in [2.75, 3.05) is 13.2 Å². The summed E-state index contributed by atoms with van der Waals surface area (Å²) in [5, 5.41) is 20.2. The quantitative estimate of drug-likeness (QED) is 0.707. The van der Waals surface area contributed by atoms with Crippen LogP contribution in [0.3, 0.4) is 0 Å². The number of aliphatic carboxylic acids is 1. The first-order valence-corrected chi connectivity index (χ1v) is 7.04. The second kappa shape index (κ2) is 6.23. The molecule has 108 valence electrons. The molecule has 3 atom stereocenters. The van der Waals surface area contributed by atoms with Crippen LogP contribution in [-0.2, 0) is 4.79 Å². The molecule has 2 fully saturated rings. The Balaban J connectivity index is 1.98. The van der Waals surface area contributed by atoms with Gasteiger partial charge >= 0.3 is 12.0 Å². The average molecular weight is 270 g/mol. The maximum absolute atomic E-state index is 12.2. The van der Waals surface area contributed by atoms with E-state index in [-0.39, 0.29) is 12.1 Å². The van der Waals surface area contributed by atoms with Crippen LogP contribution in [0.25, 0.3) is 0 Å². The molecule has 0 radical (unpaired) electrons. The predicted octanol–water partition coefficient (Wildman–Crippen LogP) is 0.796. The second-order valence-electron chi connectivity index (χ2n) is 5.47. The summed E-state index contributed by atoms with van der Waals surface area (Å²) < 4.78 is 0. The molecule has 0 aromatic heterocycles. The molecule has 0 unspecified atom stereocenters. The van der Waals surface area contributed by atoms with Crippen molar-refractivity contribution in [3.8, 4) is 0 Å². The molecule has 2 aliphatic rings. The number of carboxylic acids is 1. The maximum atomic E-state index is 12.2. The summed E-state index contributed by atoms with van der Waals surface area (Å²) in [4.78, 5) is 24.8. The Hall–Kier alpha value is -1.30. The van der Waals surface area contributed by atoms with Crippen molar-refractivity contribution in [3.63, 3.8) is 0 Å². The standard InChI is InChI=1S/C13H22N2O4/c16-8-10(12(17)18)14-13(19)15-7-3-5-9-4-1-2-6-11(9)15/h9-11,16H,1-8H2,(H,14,19)(H,17,18)/t9-,10-,11-/m1/s1. The molecular weight excluding hydrogens is 248 g/mol. The Morgan fingerprint density at radius 2 is 1.89 bits per heavy atom. The van der Waals surface area contributed by atoms with Gasteiger partial charge in [0.05, 0.1) is 6.61 Å². The molecule has 3 N–H and O–H groups in total. The Morgan fingerprint density at radius 3 is 2.58 bits per heavy atom. The van der Waals surface area contributed by atoms with Crippen LogP contribution in [0, 0.1) is 5.92 Å². The summed E-state index contributed by atoms with van der Waals surface area (Å²) in [6, 6.07) is -1.31. The number of piperidine rings is 1. The summed E-state index contributed by atoms with van der Waals surface area (Å²) >= 11 is 0. The summed E-state index contributed by atoms with van der Waals surface area (Å²) in [5.41, 5.74) is 0. The van der Waals surface area contributed by atoms with E-state index in [0.29, 0.717) is 12.5 Å². The molecule has 1 heterocycles. The number of amides is 2. The minimum Gasteiger partial charge on any atom is -0.480 e. The van der Waals surface area contributed by atoms with E-state index in [4.69, 9.17) is 10.2 Å². The van der Waals surface area contributed by atoms with Gasteiger partial charge < -0.3 is 20.4 Å². The fourth-order valence-electron chi connectivity index (χ4n) is 3.29. The van der Waals surface area contributed by atoms with Crippen molar-refractivity contribution in [3.05, 3.63) is 0 Å². The monoisotopic (exact) mass is 270 g/mol. The molecule has 2 amide bonds. The van der Waals surface area contributed by atoms with Crippen molar-refractivity contribution in [2.24, 2.45) is 5.92 Å². The third-order valence-corrected chi connectivity index (χ3v) is 4.28. The second-order valence-corrected chi connectivity index (χ2v) is 5.47. The van der Waals surface area contributed by atoms with Crippen LogP contribution in [0.2, 0.25) is 0 Å². The molecule has 1 aliphatic heterocycles. The third-order valence-electron chi connectivity index (χ3n) is 4.28. The van der Waals surface area contributed by atoms with Crippen molar-refractivity contribution in [1.29, 1.82) is 0 Å². The van der Waals surface area contributed by atoms with E-state index in [2.05, 4.69) is 5.32 Å². The van der Waals surface area contributed by atoms with Gasteiger partial charge in [0.25, 0.3) is 0 Å². The van der Waals surface area contributed by atoms with Gasteiger partial charge in [-0.1, -0.05) is 12.8 Å². The van der Waals surface area contributed by atoms with Gasteiger partial charge in [0.2, 0.25) is 0 Å². The minimum atomic E-state index is -1.21. The van der Waals surface area contributed by atoms with Crippen LogP contribution in [0.4, 0.5) is 4.79 Å². The van der Waals surface area contributed by atoms with E-state index in [1.54, 1.807) is 4.90 Å². The lowest BCUT2D eigenvalue weighted by Gasteiger charge is -2.44. The van der Waals surface area contributed by atoms with Crippen LogP contribution in [0.5, 0.6) is 0 Å². The first-order chi connectivity index (χ1) is 9.13. The van der Waals surface area contributed by atoms with E-state index in [0.717, 1.165) is 32.1 Å². The highest BCUT2D eigenvalue weighted by Crippen LogP contribution is 2.35. The summed E-state index contributed by atoms with van der Waals surface area (Å²) in [6.45, 7) is 0.105. The van der Waals surface area contributed by atoms with Gasteiger partial charge in [-0.15, -0.1) is 0 Å². The summed E-state index contributed by atoms with van der Waals surface area (Å²) in [6.07, 6.45) is 6.67. The van der Waals surface area contributed by atoms with Gasteiger partial charge in [-0.3, -0.25) is 0 Å². The number of carbonyl (C=O) groups excluding carboxylic acids is 1. The highest BCUT2D eigenvalue weighted by molar-refractivity contribution is 5.82. The number of nitrogens with zero attached hydrogens (tertiary/aromatic N) is 1. The number of hydrogen-bond acceptors (Lipinski definition) is 3. The lowest BCUT2D eigenvalue weighted by Crippen LogP contribution is -2.56. The van der Waals surface area contributed by atoms with Crippen LogP contribution in [0.1, 0.15) is 38.5 Å². The molecular formula is C13H22N2O4. The number of carbonyl (C=O) groups is 2. The number of likely N-dealkylation sites (tertiary alicyclic amines) is 1. The van der Waals surface area contributed by atoms with Crippen LogP contribution >= 0.6 is 0 Å². The summed E-state index contributed by atoms with van der Waals surface area (Å²) in [5.74, 6) is -0.640. The Labute approximate surface area is 112 Å². The molecule has 19 heavy (non-hydrogen) atoms. The largest absolute Gasteiger partial charge is 0.480 e. The number of fused-ring (bicyclic) bond motifs is 1. The van der Waals surface area contributed by atoms with E-state index >= 15 is 0 Å². The van der Waals surface area contributed by atoms with Gasteiger partial charge in [-0.25, -0.2) is 9.59 Å². The SMILES string of the molecule is O=C(O)[C@@H](CO)NC(=O)N1CCC[C@H]2CCCC[C@H]21. The zero-order valence-corrected chi connectivity index (χ0v) is 11.0.